The van der Waals surface area contributed by atoms with Gasteiger partial charge < -0.3 is 4.90 Å². The van der Waals surface area contributed by atoms with Crippen LogP contribution in [0.15, 0.2) is 29.2 Å². The summed E-state index contributed by atoms with van der Waals surface area (Å²) in [6.07, 6.45) is 0. The SMILES string of the molecule is Cc1nc(C(C)(C)C)sc1C(=O)N1CCN(S(=O)(=O)c2ccc(C#N)cc2)CC1. The van der Waals surface area contributed by atoms with Crippen molar-refractivity contribution in [1.82, 2.24) is 14.2 Å². The Labute approximate surface area is 175 Å². The number of thiazole rings is 1. The summed E-state index contributed by atoms with van der Waals surface area (Å²) in [6, 6.07) is 7.85. The number of hydrogen-bond donors (Lipinski definition) is 0. The number of piperazine rings is 1. The van der Waals surface area contributed by atoms with Gasteiger partial charge >= 0.3 is 0 Å². The molecule has 0 saturated carbocycles. The molecule has 2 aromatic rings. The summed E-state index contributed by atoms with van der Waals surface area (Å²) in [4.78, 5) is 20.0. The van der Waals surface area contributed by atoms with Crippen LogP contribution < -0.4 is 0 Å². The Bertz CT molecular complexity index is 1050. The smallest absolute Gasteiger partial charge is 0.265 e. The van der Waals surface area contributed by atoms with Crippen LogP contribution in [0.3, 0.4) is 0 Å². The zero-order chi connectivity index (χ0) is 21.4. The first-order valence-corrected chi connectivity index (χ1v) is 11.6. The number of carbonyl (C=O) groups is 1. The average Bonchev–Trinajstić information content (AvgIpc) is 3.09. The molecule has 0 aliphatic carbocycles. The average molecular weight is 433 g/mol. The number of aromatic nitrogens is 1. The van der Waals surface area contributed by atoms with Gasteiger partial charge in [-0.3, -0.25) is 4.79 Å². The molecular formula is C20H24N4O3S2. The number of nitrogens with zero attached hydrogens (tertiary/aromatic N) is 4. The van der Waals surface area contributed by atoms with Crippen LogP contribution in [0.4, 0.5) is 0 Å². The van der Waals surface area contributed by atoms with Crippen molar-refractivity contribution < 1.29 is 13.2 Å². The van der Waals surface area contributed by atoms with Gasteiger partial charge in [0.2, 0.25) is 10.0 Å². The van der Waals surface area contributed by atoms with Gasteiger partial charge in [0, 0.05) is 31.6 Å². The van der Waals surface area contributed by atoms with Crippen LogP contribution in [-0.4, -0.2) is 54.7 Å². The molecule has 154 valence electrons. The third kappa shape index (κ3) is 4.34. The predicted molar refractivity (Wildman–Crippen MR) is 111 cm³/mol. The monoisotopic (exact) mass is 432 g/mol. The van der Waals surface area contributed by atoms with E-state index in [4.69, 9.17) is 5.26 Å². The second kappa shape index (κ2) is 7.86. The van der Waals surface area contributed by atoms with Gasteiger partial charge in [0.15, 0.2) is 0 Å². The summed E-state index contributed by atoms with van der Waals surface area (Å²) in [5, 5.41) is 9.79. The Kier molecular flexibility index (Phi) is 5.81. The number of aryl methyl sites for hydroxylation is 1. The Morgan fingerprint density at radius 2 is 1.72 bits per heavy atom. The molecule has 29 heavy (non-hydrogen) atoms. The van der Waals surface area contributed by atoms with Crippen LogP contribution in [0.5, 0.6) is 0 Å². The van der Waals surface area contributed by atoms with Crippen LogP contribution in [0.1, 0.15) is 46.7 Å². The minimum Gasteiger partial charge on any atom is -0.335 e. The van der Waals surface area contributed by atoms with Crippen molar-refractivity contribution in [2.24, 2.45) is 0 Å². The molecule has 1 aromatic heterocycles. The van der Waals surface area contributed by atoms with E-state index in [0.717, 1.165) is 10.7 Å². The Balaban J connectivity index is 1.71. The number of rotatable bonds is 3. The first-order chi connectivity index (χ1) is 13.5. The van der Waals surface area contributed by atoms with Gasteiger partial charge in [-0.05, 0) is 31.2 Å². The van der Waals surface area contributed by atoms with Crippen LogP contribution in [0, 0.1) is 18.3 Å². The van der Waals surface area contributed by atoms with Crippen molar-refractivity contribution in [3.05, 3.63) is 45.4 Å². The molecule has 0 radical (unpaired) electrons. The lowest BCUT2D eigenvalue weighted by molar-refractivity contribution is 0.0702. The molecule has 0 atom stereocenters. The summed E-state index contributed by atoms with van der Waals surface area (Å²) < 4.78 is 27.1. The summed E-state index contributed by atoms with van der Waals surface area (Å²) in [6.45, 7) is 9.15. The van der Waals surface area contributed by atoms with E-state index in [9.17, 15) is 13.2 Å². The normalized spacial score (nSPS) is 15.9. The van der Waals surface area contributed by atoms with E-state index in [-0.39, 0.29) is 29.3 Å². The standard InChI is InChI=1S/C20H24N4O3S2/c1-14-17(28-19(22-14)20(2,3)4)18(25)23-9-11-24(12-10-23)29(26,27)16-7-5-15(13-21)6-8-16/h5-8H,9-12H2,1-4H3. The zero-order valence-electron chi connectivity index (χ0n) is 17.0. The van der Waals surface area contributed by atoms with Gasteiger partial charge in [0.25, 0.3) is 5.91 Å². The van der Waals surface area contributed by atoms with Crippen LogP contribution in [0.2, 0.25) is 0 Å². The van der Waals surface area contributed by atoms with E-state index in [1.807, 2.05) is 13.0 Å². The van der Waals surface area contributed by atoms with Gasteiger partial charge in [-0.15, -0.1) is 11.3 Å². The van der Waals surface area contributed by atoms with E-state index in [2.05, 4.69) is 25.8 Å². The summed E-state index contributed by atoms with van der Waals surface area (Å²) in [5.41, 5.74) is 1.01. The van der Waals surface area contributed by atoms with Crippen molar-refractivity contribution in [3.8, 4) is 6.07 Å². The van der Waals surface area contributed by atoms with Crippen molar-refractivity contribution in [1.29, 1.82) is 5.26 Å². The lowest BCUT2D eigenvalue weighted by Crippen LogP contribution is -2.50. The van der Waals surface area contributed by atoms with E-state index >= 15 is 0 Å². The molecule has 0 spiro atoms. The quantitative estimate of drug-likeness (QED) is 0.743. The molecule has 1 amide bonds. The molecule has 7 nitrogen and oxygen atoms in total. The van der Waals surface area contributed by atoms with Gasteiger partial charge in [-0.2, -0.15) is 9.57 Å². The number of benzene rings is 1. The Morgan fingerprint density at radius 1 is 1.14 bits per heavy atom. The molecule has 0 bridgehead atoms. The lowest BCUT2D eigenvalue weighted by atomic mass is 9.98. The molecule has 2 heterocycles. The summed E-state index contributed by atoms with van der Waals surface area (Å²) >= 11 is 1.41. The highest BCUT2D eigenvalue weighted by molar-refractivity contribution is 7.89. The van der Waals surface area contributed by atoms with E-state index < -0.39 is 10.0 Å². The fourth-order valence-electron chi connectivity index (χ4n) is 3.04. The van der Waals surface area contributed by atoms with Gasteiger partial charge in [-0.25, -0.2) is 13.4 Å². The fraction of sp³-hybridized carbons (Fsp3) is 0.450. The summed E-state index contributed by atoms with van der Waals surface area (Å²) in [5.74, 6) is -0.0917. The number of amides is 1. The van der Waals surface area contributed by atoms with Crippen molar-refractivity contribution in [3.63, 3.8) is 0 Å². The molecule has 1 aliphatic heterocycles. The Morgan fingerprint density at radius 3 is 2.21 bits per heavy atom. The van der Waals surface area contributed by atoms with E-state index in [1.165, 1.54) is 39.9 Å². The maximum absolute atomic E-state index is 13.0. The summed E-state index contributed by atoms with van der Waals surface area (Å²) in [7, 11) is -3.65. The minimum absolute atomic E-state index is 0.0917. The third-order valence-corrected chi connectivity index (χ3v) is 8.26. The van der Waals surface area contributed by atoms with Crippen LogP contribution >= 0.6 is 11.3 Å². The molecule has 1 fully saturated rings. The number of carbonyl (C=O) groups excluding carboxylic acids is 1. The first-order valence-electron chi connectivity index (χ1n) is 9.31. The van der Waals surface area contributed by atoms with Gasteiger partial charge in [0.05, 0.1) is 27.2 Å². The molecule has 1 aliphatic rings. The van der Waals surface area contributed by atoms with Crippen molar-refractivity contribution in [2.75, 3.05) is 26.2 Å². The molecule has 3 rings (SSSR count). The van der Waals surface area contributed by atoms with E-state index in [1.54, 1.807) is 4.90 Å². The minimum atomic E-state index is -3.65. The maximum atomic E-state index is 13.0. The van der Waals surface area contributed by atoms with Gasteiger partial charge in [0.1, 0.15) is 4.88 Å². The molecule has 0 unspecified atom stereocenters. The van der Waals surface area contributed by atoms with Crippen LogP contribution in [-0.2, 0) is 15.4 Å². The molecule has 0 N–H and O–H groups in total. The number of hydrogen-bond acceptors (Lipinski definition) is 6. The Hall–Kier alpha value is -2.28. The molecule has 1 aromatic carbocycles. The zero-order valence-corrected chi connectivity index (χ0v) is 18.6. The van der Waals surface area contributed by atoms with Crippen molar-refractivity contribution in [2.45, 2.75) is 38.0 Å². The van der Waals surface area contributed by atoms with Gasteiger partial charge in [-0.1, -0.05) is 20.8 Å². The second-order valence-corrected chi connectivity index (χ2v) is 11.0. The topological polar surface area (TPSA) is 94.4 Å². The number of sulfonamides is 1. The lowest BCUT2D eigenvalue weighted by Gasteiger charge is -2.33. The largest absolute Gasteiger partial charge is 0.335 e. The van der Waals surface area contributed by atoms with Crippen LogP contribution in [0.25, 0.3) is 0 Å². The highest BCUT2D eigenvalue weighted by atomic mass is 32.2. The molecular weight excluding hydrogens is 408 g/mol. The molecule has 1 saturated heterocycles. The highest BCUT2D eigenvalue weighted by Gasteiger charge is 2.32. The van der Waals surface area contributed by atoms with Crippen molar-refractivity contribution >= 4 is 27.3 Å². The maximum Gasteiger partial charge on any atom is 0.265 e. The highest BCUT2D eigenvalue weighted by Crippen LogP contribution is 2.30. The fourth-order valence-corrected chi connectivity index (χ4v) is 5.56. The molecule has 9 heteroatoms. The second-order valence-electron chi connectivity index (χ2n) is 8.02. The van der Waals surface area contributed by atoms with E-state index in [0.29, 0.717) is 23.5 Å². The predicted octanol–water partition coefficient (Wildman–Crippen LogP) is 2.77. The third-order valence-electron chi connectivity index (χ3n) is 4.78. The first kappa shape index (κ1) is 21.4. The number of nitriles is 1.